The lowest BCUT2D eigenvalue weighted by atomic mass is 9.98. The SMILES string of the molecule is CCCCCCCCc1cnc(-c2ccccc2OCC(O)COCC(F)(F)C(F)(F)C(F)(F)C(F)(F)C(F)(F)OC(F)(F)C(F)(F)OC(F)(F)C(F)(F)OC(F)(F)C(F)(F)C(F)(F)C(F)(F)F)nc1. The summed E-state index contributed by atoms with van der Waals surface area (Å²) in [6.07, 6.45) is -51.3. The van der Waals surface area contributed by atoms with Crippen LogP contribution in [0.25, 0.3) is 11.4 Å². The first-order valence-electron chi connectivity index (χ1n) is 18.8. The van der Waals surface area contributed by atoms with Crippen molar-refractivity contribution in [3.63, 3.8) is 0 Å². The zero-order chi connectivity index (χ0) is 54.7. The molecule has 70 heavy (non-hydrogen) atoms. The van der Waals surface area contributed by atoms with Crippen molar-refractivity contribution in [3.05, 3.63) is 42.2 Å². The summed E-state index contributed by atoms with van der Waals surface area (Å²) in [4.78, 5) is 8.35. The Morgan fingerprint density at radius 1 is 0.486 bits per heavy atom. The van der Waals surface area contributed by atoms with E-state index < -0.39 is 104 Å². The maximum absolute atomic E-state index is 14.3. The Bertz CT molecular complexity index is 1980. The Hall–Kier alpha value is -3.99. The van der Waals surface area contributed by atoms with Gasteiger partial charge in [-0.1, -0.05) is 51.2 Å². The predicted octanol–water partition coefficient (Wildman–Crippen LogP) is 12.8. The van der Waals surface area contributed by atoms with Crippen molar-refractivity contribution in [2.75, 3.05) is 19.8 Å². The van der Waals surface area contributed by atoms with Crippen LogP contribution in [0.1, 0.15) is 51.0 Å². The Balaban J connectivity index is 2.18. The predicted molar refractivity (Wildman–Crippen MR) is 176 cm³/mol. The van der Waals surface area contributed by atoms with E-state index in [-0.39, 0.29) is 17.1 Å². The number of alkyl halides is 27. The number of rotatable bonds is 29. The highest BCUT2D eigenvalue weighted by atomic mass is 19.4. The van der Waals surface area contributed by atoms with Crippen molar-refractivity contribution in [2.24, 2.45) is 0 Å². The van der Waals surface area contributed by atoms with Gasteiger partial charge in [0.05, 0.1) is 12.2 Å². The number of aliphatic hydroxyl groups excluding tert-OH is 1. The van der Waals surface area contributed by atoms with Crippen LogP contribution in [0.15, 0.2) is 36.7 Å². The quantitative estimate of drug-likeness (QED) is 0.0636. The normalized spacial score (nSPS) is 15.4. The molecule has 1 aromatic heterocycles. The Kier molecular flexibility index (Phi) is 18.8. The van der Waals surface area contributed by atoms with E-state index in [2.05, 4.69) is 14.7 Å². The molecule has 2 aromatic rings. The molecule has 1 unspecified atom stereocenters. The average molecular weight is 1090 g/mol. The fourth-order valence-electron chi connectivity index (χ4n) is 4.98. The minimum absolute atomic E-state index is 0.0230. The minimum Gasteiger partial charge on any atom is -0.490 e. The van der Waals surface area contributed by atoms with Crippen LogP contribution >= 0.6 is 0 Å². The monoisotopic (exact) mass is 1090 g/mol. The zero-order valence-corrected chi connectivity index (χ0v) is 34.2. The molecule has 0 spiro atoms. The van der Waals surface area contributed by atoms with Crippen LogP contribution in [0.5, 0.6) is 5.75 Å². The molecule has 0 fully saturated rings. The van der Waals surface area contributed by atoms with Gasteiger partial charge in [0.15, 0.2) is 5.82 Å². The van der Waals surface area contributed by atoms with E-state index in [1.165, 1.54) is 36.7 Å². The van der Waals surface area contributed by atoms with E-state index in [4.69, 9.17) is 4.74 Å². The van der Waals surface area contributed by atoms with Gasteiger partial charge < -0.3 is 14.6 Å². The summed E-state index contributed by atoms with van der Waals surface area (Å²) in [5, 5.41) is 10.0. The Labute approximate surface area is 373 Å². The summed E-state index contributed by atoms with van der Waals surface area (Å²) in [5.74, 6) is -49.3. The highest BCUT2D eigenvalue weighted by Gasteiger charge is 2.89. The largest absolute Gasteiger partial charge is 0.490 e. The summed E-state index contributed by atoms with van der Waals surface area (Å²) < 4.78 is 379. The number of unbranched alkanes of at least 4 members (excludes halogenated alkanes) is 5. The fourth-order valence-corrected chi connectivity index (χ4v) is 4.98. The summed E-state index contributed by atoms with van der Waals surface area (Å²) in [6.45, 7) is -4.02. The molecule has 0 aliphatic carbocycles. The van der Waals surface area contributed by atoms with Gasteiger partial charge in [0, 0.05) is 12.4 Å². The second-order valence-electron chi connectivity index (χ2n) is 14.4. The van der Waals surface area contributed by atoms with Crippen molar-refractivity contribution in [2.45, 2.75) is 136 Å². The van der Waals surface area contributed by atoms with Crippen LogP contribution in [-0.4, -0.2) is 119 Å². The molecule has 406 valence electrons. The highest BCUT2D eigenvalue weighted by molar-refractivity contribution is 5.63. The van der Waals surface area contributed by atoms with Gasteiger partial charge in [-0.15, -0.1) is 0 Å². The van der Waals surface area contributed by atoms with E-state index in [1.54, 1.807) is 0 Å². The number of aromatic nitrogens is 2. The molecular weight excluding hydrogens is 1060 g/mol. The molecule has 1 aromatic carbocycles. The average Bonchev–Trinajstić information content (AvgIpc) is 3.19. The van der Waals surface area contributed by atoms with E-state index in [9.17, 15) is 124 Å². The number of ether oxygens (including phenoxy) is 5. The second-order valence-corrected chi connectivity index (χ2v) is 14.4. The topological polar surface area (TPSA) is 92.2 Å². The fraction of sp³-hybridized carbons (Fsp3) is 0.714. The van der Waals surface area contributed by atoms with Crippen molar-refractivity contribution in [1.29, 1.82) is 0 Å². The van der Waals surface area contributed by atoms with Crippen LogP contribution in [0.4, 0.5) is 119 Å². The number of nitrogens with zero attached hydrogens (tertiary/aromatic N) is 2. The number of hydrogen-bond donors (Lipinski definition) is 1. The van der Waals surface area contributed by atoms with Crippen LogP contribution < -0.4 is 4.74 Å². The molecule has 35 heteroatoms. The molecule has 2 rings (SSSR count). The molecule has 0 saturated heterocycles. The first-order valence-corrected chi connectivity index (χ1v) is 18.8. The third kappa shape index (κ3) is 13.0. The standard InChI is InChI=1S/C35H31F27N2O6/c1-2-3-4-5-6-7-10-18-13-63-22(64-14-18)20-11-8-9-12-21(20)67-16-19(65)15-66-17-23(36,37)24(38,39)25(40,41)27(44,45)30(51,52)68-32(55,56)34(59,60)70-35(61,62)33(57,58)69-31(53,54)28(46,47)26(42,43)29(48,49)50/h8-9,11-14,19,65H,2-7,10,15-17H2,1H3. The molecule has 1 N–H and O–H groups in total. The van der Waals surface area contributed by atoms with Crippen molar-refractivity contribution in [1.82, 2.24) is 9.97 Å². The van der Waals surface area contributed by atoms with E-state index in [0.29, 0.717) is 6.42 Å². The Morgan fingerprint density at radius 3 is 1.36 bits per heavy atom. The van der Waals surface area contributed by atoms with E-state index >= 15 is 0 Å². The maximum Gasteiger partial charge on any atom is 0.460 e. The lowest BCUT2D eigenvalue weighted by Crippen LogP contribution is -2.70. The first kappa shape index (κ1) is 62.1. The summed E-state index contributed by atoms with van der Waals surface area (Å²) in [7, 11) is 0. The lowest BCUT2D eigenvalue weighted by Gasteiger charge is -2.40. The second kappa shape index (κ2) is 21.2. The number of halogens is 27. The molecule has 0 amide bonds. The molecule has 8 nitrogen and oxygen atoms in total. The van der Waals surface area contributed by atoms with Crippen LogP contribution in [0, 0.1) is 0 Å². The molecule has 0 bridgehead atoms. The lowest BCUT2D eigenvalue weighted by molar-refractivity contribution is -0.577. The molecule has 1 heterocycles. The van der Waals surface area contributed by atoms with E-state index in [0.717, 1.165) is 58.3 Å². The molecule has 1 atom stereocenters. The summed E-state index contributed by atoms with van der Waals surface area (Å²) in [5.41, 5.74) is 0.862. The van der Waals surface area contributed by atoms with Crippen LogP contribution in [-0.2, 0) is 25.4 Å². The number of benzene rings is 1. The van der Waals surface area contributed by atoms with Gasteiger partial charge >= 0.3 is 78.4 Å². The van der Waals surface area contributed by atoms with Crippen molar-refractivity contribution in [3.8, 4) is 17.1 Å². The first-order chi connectivity index (χ1) is 31.3. The minimum atomic E-state index is -8.75. The van der Waals surface area contributed by atoms with Crippen LogP contribution in [0.2, 0.25) is 0 Å². The highest BCUT2D eigenvalue weighted by Crippen LogP contribution is 2.60. The molecule has 0 saturated carbocycles. The number of hydrogen-bond acceptors (Lipinski definition) is 8. The van der Waals surface area contributed by atoms with Gasteiger partial charge in [-0.2, -0.15) is 119 Å². The van der Waals surface area contributed by atoms with Gasteiger partial charge in [0.25, 0.3) is 0 Å². The number of para-hydroxylation sites is 1. The molecule has 0 aliphatic heterocycles. The molecule has 0 aliphatic rings. The van der Waals surface area contributed by atoms with Gasteiger partial charge in [-0.3, -0.25) is 0 Å². The number of aryl methyl sites for hydroxylation is 1. The Morgan fingerprint density at radius 2 is 0.900 bits per heavy atom. The smallest absolute Gasteiger partial charge is 0.460 e. The summed E-state index contributed by atoms with van der Waals surface area (Å²) in [6, 6.07) is 5.37. The van der Waals surface area contributed by atoms with Crippen molar-refractivity contribution < 1.29 is 147 Å². The van der Waals surface area contributed by atoms with Gasteiger partial charge in [-0.05, 0) is 30.5 Å². The number of aliphatic hydroxyl groups is 1. The third-order valence-electron chi connectivity index (χ3n) is 8.85. The molecular formula is C35H31F27N2O6. The van der Waals surface area contributed by atoms with Crippen molar-refractivity contribution >= 4 is 0 Å². The van der Waals surface area contributed by atoms with Crippen LogP contribution in [0.3, 0.4) is 0 Å². The summed E-state index contributed by atoms with van der Waals surface area (Å²) >= 11 is 0. The van der Waals surface area contributed by atoms with Gasteiger partial charge in [0.2, 0.25) is 0 Å². The van der Waals surface area contributed by atoms with Gasteiger partial charge in [-0.25, -0.2) is 24.2 Å². The van der Waals surface area contributed by atoms with Gasteiger partial charge in [0.1, 0.15) is 25.1 Å². The third-order valence-corrected chi connectivity index (χ3v) is 8.85. The van der Waals surface area contributed by atoms with E-state index in [1.807, 2.05) is 6.92 Å². The maximum atomic E-state index is 14.3. The zero-order valence-electron chi connectivity index (χ0n) is 34.2. The molecule has 0 radical (unpaired) electrons.